The second kappa shape index (κ2) is 15.3. The molecule has 0 aromatic heterocycles. The Labute approximate surface area is 323 Å². The first-order valence-electron chi connectivity index (χ1n) is 17.9. The molecule has 4 heteroatoms. The van der Waals surface area contributed by atoms with Gasteiger partial charge < -0.3 is 5.32 Å². The smallest absolute Gasteiger partial charge is 0.658 e. The van der Waals surface area contributed by atoms with Gasteiger partial charge in [-0.2, -0.15) is 0 Å². The Morgan fingerprint density at radius 3 is 0.941 bits per heavy atom. The third-order valence-electron chi connectivity index (χ3n) is 9.15. The normalized spacial score (nSPS) is 12.9. The fourth-order valence-corrected chi connectivity index (χ4v) is 5.83. The van der Waals surface area contributed by atoms with E-state index in [1.807, 2.05) is 36.4 Å². The minimum Gasteiger partial charge on any atom is -0.658 e. The molecular formula is C47H56AuN3+2. The SMILES string of the molecule is C1=[N+](c2ccccc2)c2ccccc2[N+]=1c1ccccc1.CC(C)(C)c1cc([N-]c2cc(C(C)(C)C)cc(C(C)(C)C)c2)cc(C(C)(C)C)c1.[Au+]. The van der Waals surface area contributed by atoms with Crippen molar-refractivity contribution >= 4 is 40.1 Å². The second-order valence-electron chi connectivity index (χ2n) is 17.6. The van der Waals surface area contributed by atoms with E-state index < -0.39 is 0 Å². The summed E-state index contributed by atoms with van der Waals surface area (Å²) in [6, 6.07) is 46.2. The van der Waals surface area contributed by atoms with Crippen LogP contribution < -0.4 is 9.15 Å². The largest absolute Gasteiger partial charge is 1.00 e. The predicted octanol–water partition coefficient (Wildman–Crippen LogP) is 13.8. The molecule has 0 bridgehead atoms. The van der Waals surface area contributed by atoms with Crippen LogP contribution in [0.25, 0.3) is 5.32 Å². The molecule has 0 amide bonds. The van der Waals surface area contributed by atoms with Crippen molar-refractivity contribution in [2.24, 2.45) is 0 Å². The first-order chi connectivity index (χ1) is 23.3. The van der Waals surface area contributed by atoms with E-state index >= 15 is 0 Å². The van der Waals surface area contributed by atoms with Gasteiger partial charge in [0.15, 0.2) is 0 Å². The van der Waals surface area contributed by atoms with E-state index in [2.05, 4.69) is 183 Å². The van der Waals surface area contributed by atoms with Gasteiger partial charge in [0.05, 0.1) is 0 Å². The standard InChI is InChI=1S/C28H42N.C19H14N2.Au/c1-25(2,3)19-13-20(26(4,5)6)16-23(15-19)29-24-17-21(27(7,8)9)14-22(18-24)28(10,11)12;1-3-9-16(10-4-1)20-15-21(17-11-5-2-6-12-17)19-14-8-7-13-18(19)20;/h13-18H,1-12H3;1-14H;/q-1;+2;+1. The Hall–Kier alpha value is -3.98. The van der Waals surface area contributed by atoms with Crippen molar-refractivity contribution < 1.29 is 22.4 Å². The van der Waals surface area contributed by atoms with Gasteiger partial charge in [0.2, 0.25) is 11.4 Å². The summed E-state index contributed by atoms with van der Waals surface area (Å²) in [5.74, 6) is 0. The average Bonchev–Trinajstić information content (AvgIpc) is 3.44. The average molecular weight is 860 g/mol. The number of nitrogens with zero attached hydrogens (tertiary/aromatic N) is 3. The predicted molar refractivity (Wildman–Crippen MR) is 218 cm³/mol. The number of benzene rings is 5. The molecule has 0 radical (unpaired) electrons. The molecule has 0 atom stereocenters. The third-order valence-corrected chi connectivity index (χ3v) is 9.15. The second-order valence-corrected chi connectivity index (χ2v) is 17.6. The first-order valence-corrected chi connectivity index (χ1v) is 17.9. The Morgan fingerprint density at radius 1 is 0.392 bits per heavy atom. The number of hydrogen-bond donors (Lipinski definition) is 0. The summed E-state index contributed by atoms with van der Waals surface area (Å²) in [5.41, 5.74) is 12.3. The van der Waals surface area contributed by atoms with E-state index in [9.17, 15) is 0 Å². The molecule has 0 spiro atoms. The monoisotopic (exact) mass is 859 g/mol. The van der Waals surface area contributed by atoms with Crippen LogP contribution in [0.15, 0.2) is 121 Å². The van der Waals surface area contributed by atoms with Crippen molar-refractivity contribution in [2.45, 2.75) is 105 Å². The van der Waals surface area contributed by atoms with E-state index in [4.69, 9.17) is 5.32 Å². The molecule has 0 fully saturated rings. The van der Waals surface area contributed by atoms with Gasteiger partial charge in [-0.15, -0.1) is 11.4 Å². The van der Waals surface area contributed by atoms with E-state index in [0.29, 0.717) is 0 Å². The maximum Gasteiger partial charge on any atom is 1.00 e. The zero-order valence-electron chi connectivity index (χ0n) is 32.7. The third kappa shape index (κ3) is 9.88. The van der Waals surface area contributed by atoms with E-state index in [-0.39, 0.29) is 44.0 Å². The molecule has 5 aromatic rings. The summed E-state index contributed by atoms with van der Waals surface area (Å²) in [7, 11) is 0. The molecule has 6 rings (SSSR count). The molecule has 0 saturated carbocycles. The summed E-state index contributed by atoms with van der Waals surface area (Å²) in [4.78, 5) is 0. The topological polar surface area (TPSA) is 20.1 Å². The number of hydrogen-bond acceptors (Lipinski definition) is 0. The minimum absolute atomic E-state index is 0. The van der Waals surface area contributed by atoms with Crippen molar-refractivity contribution in [3.63, 3.8) is 0 Å². The van der Waals surface area contributed by atoms with Crippen LogP contribution in [0, 0.1) is 0 Å². The van der Waals surface area contributed by atoms with Crippen LogP contribution >= 0.6 is 0 Å². The van der Waals surface area contributed by atoms with Crippen LogP contribution in [-0.2, 0) is 44.0 Å². The first kappa shape index (κ1) is 39.8. The van der Waals surface area contributed by atoms with Crippen LogP contribution in [0.3, 0.4) is 0 Å². The Morgan fingerprint density at radius 2 is 0.667 bits per heavy atom. The Kier molecular flexibility index (Phi) is 12.0. The fourth-order valence-electron chi connectivity index (χ4n) is 5.83. The quantitative estimate of drug-likeness (QED) is 0.124. The summed E-state index contributed by atoms with van der Waals surface area (Å²) in [5, 5.41) is 5.14. The molecule has 0 N–H and O–H groups in total. The van der Waals surface area contributed by atoms with E-state index in [1.165, 1.54) is 22.3 Å². The zero-order valence-corrected chi connectivity index (χ0v) is 34.9. The van der Waals surface area contributed by atoms with Crippen LogP contribution in [0.4, 0.5) is 34.1 Å². The van der Waals surface area contributed by atoms with Gasteiger partial charge >= 0.3 is 28.4 Å². The van der Waals surface area contributed by atoms with Crippen molar-refractivity contribution in [3.05, 3.63) is 149 Å². The molecule has 51 heavy (non-hydrogen) atoms. The van der Waals surface area contributed by atoms with Gasteiger partial charge in [0.1, 0.15) is 0 Å². The van der Waals surface area contributed by atoms with Gasteiger partial charge in [0.25, 0.3) is 11.4 Å². The Bertz CT molecular complexity index is 1820. The summed E-state index contributed by atoms with van der Waals surface area (Å²) in [6.07, 6.45) is 0. The maximum absolute atomic E-state index is 5.14. The molecule has 1 aliphatic heterocycles. The molecule has 0 unspecified atom stereocenters. The van der Waals surface area contributed by atoms with E-state index in [0.717, 1.165) is 34.1 Å². The van der Waals surface area contributed by atoms with Gasteiger partial charge in [-0.3, -0.25) is 0 Å². The minimum atomic E-state index is 0. The number of para-hydroxylation sites is 4. The number of fused-ring (bicyclic) bond motifs is 1. The van der Waals surface area contributed by atoms with Crippen LogP contribution in [0.1, 0.15) is 105 Å². The number of rotatable bonds is 4. The Balaban J connectivity index is 0.000000234. The van der Waals surface area contributed by atoms with Gasteiger partial charge in [-0.05, 0) is 53.1 Å². The molecule has 0 aliphatic carbocycles. The maximum atomic E-state index is 5.14. The molecule has 1 heterocycles. The van der Waals surface area contributed by atoms with E-state index in [1.54, 1.807) is 0 Å². The molecule has 3 nitrogen and oxygen atoms in total. The van der Waals surface area contributed by atoms with Crippen molar-refractivity contribution in [1.29, 1.82) is 0 Å². The van der Waals surface area contributed by atoms with Crippen LogP contribution in [0.2, 0.25) is 0 Å². The van der Waals surface area contributed by atoms with Gasteiger partial charge in [-0.1, -0.05) is 168 Å². The van der Waals surface area contributed by atoms with Gasteiger partial charge in [-0.25, -0.2) is 0 Å². The molecule has 1 aliphatic rings. The zero-order chi connectivity index (χ0) is 36.5. The van der Waals surface area contributed by atoms with Crippen LogP contribution in [-0.4, -0.2) is 6.01 Å². The van der Waals surface area contributed by atoms with Crippen LogP contribution in [0.5, 0.6) is 0 Å². The molecule has 268 valence electrons. The summed E-state index contributed by atoms with van der Waals surface area (Å²) in [6.45, 7) is 27.3. The van der Waals surface area contributed by atoms with Crippen molar-refractivity contribution in [1.82, 2.24) is 9.15 Å². The van der Waals surface area contributed by atoms with Crippen molar-refractivity contribution in [2.75, 3.05) is 0 Å². The van der Waals surface area contributed by atoms with Crippen molar-refractivity contribution in [3.8, 4) is 0 Å². The fraction of sp³-hybridized carbons (Fsp3) is 0.340. The molecule has 5 aromatic carbocycles. The summed E-state index contributed by atoms with van der Waals surface area (Å²) >= 11 is 0. The summed E-state index contributed by atoms with van der Waals surface area (Å²) < 4.78 is 4.20. The molecular weight excluding hydrogens is 804 g/mol. The molecule has 0 saturated heterocycles. The van der Waals surface area contributed by atoms with Gasteiger partial charge in [0, 0.05) is 36.4 Å².